The number of carbonyl (C=O) groups excluding carboxylic acids is 1. The van der Waals surface area contributed by atoms with Crippen molar-refractivity contribution in [3.63, 3.8) is 0 Å². The highest BCUT2D eigenvalue weighted by Crippen LogP contribution is 2.27. The van der Waals surface area contributed by atoms with Gasteiger partial charge in [0.15, 0.2) is 11.5 Å². The zero-order valence-electron chi connectivity index (χ0n) is 15.5. The van der Waals surface area contributed by atoms with E-state index in [1.54, 1.807) is 14.2 Å². The van der Waals surface area contributed by atoms with Crippen molar-refractivity contribution in [3.8, 4) is 11.5 Å². The minimum Gasteiger partial charge on any atom is -0.493 e. The van der Waals surface area contributed by atoms with Crippen LogP contribution >= 0.6 is 0 Å². The second kappa shape index (κ2) is 8.72. The summed E-state index contributed by atoms with van der Waals surface area (Å²) in [6.45, 7) is 2.83. The molecule has 0 atom stereocenters. The van der Waals surface area contributed by atoms with Crippen LogP contribution in [0.25, 0.3) is 0 Å². The Morgan fingerprint density at radius 1 is 1.08 bits per heavy atom. The first-order valence-corrected chi connectivity index (χ1v) is 8.96. The number of rotatable bonds is 7. The van der Waals surface area contributed by atoms with Crippen LogP contribution in [-0.2, 0) is 24.2 Å². The van der Waals surface area contributed by atoms with Crippen molar-refractivity contribution in [2.45, 2.75) is 19.4 Å². The van der Waals surface area contributed by atoms with Crippen LogP contribution in [0, 0.1) is 0 Å². The van der Waals surface area contributed by atoms with Crippen LogP contribution < -0.4 is 14.8 Å². The fraction of sp³-hybridized carbons (Fsp3) is 0.381. The van der Waals surface area contributed by atoms with Gasteiger partial charge in [0.05, 0.1) is 20.8 Å². The number of fused-ring (bicyclic) bond motifs is 1. The summed E-state index contributed by atoms with van der Waals surface area (Å²) in [7, 11) is 3.25. The van der Waals surface area contributed by atoms with Gasteiger partial charge in [0.2, 0.25) is 5.91 Å². The van der Waals surface area contributed by atoms with Crippen molar-refractivity contribution in [2.75, 3.05) is 33.9 Å². The molecule has 0 bridgehead atoms. The number of amides is 1. The number of hydrogen-bond donors (Lipinski definition) is 1. The van der Waals surface area contributed by atoms with Gasteiger partial charge in [-0.3, -0.25) is 9.69 Å². The summed E-state index contributed by atoms with van der Waals surface area (Å²) >= 11 is 0. The van der Waals surface area contributed by atoms with Crippen molar-refractivity contribution in [1.29, 1.82) is 0 Å². The van der Waals surface area contributed by atoms with E-state index in [1.807, 2.05) is 18.2 Å². The third-order valence-corrected chi connectivity index (χ3v) is 4.76. The maximum Gasteiger partial charge on any atom is 0.234 e. The molecule has 0 fully saturated rings. The summed E-state index contributed by atoms with van der Waals surface area (Å²) in [4.78, 5) is 14.4. The highest BCUT2D eigenvalue weighted by Gasteiger charge is 2.17. The number of ether oxygens (including phenoxy) is 2. The first-order chi connectivity index (χ1) is 12.7. The largest absolute Gasteiger partial charge is 0.493 e. The van der Waals surface area contributed by atoms with Crippen LogP contribution in [-0.4, -0.2) is 44.7 Å². The van der Waals surface area contributed by atoms with Crippen molar-refractivity contribution in [1.82, 2.24) is 10.2 Å². The third-order valence-electron chi connectivity index (χ3n) is 4.76. The highest BCUT2D eigenvalue weighted by atomic mass is 16.5. The minimum atomic E-state index is 0.0739. The Labute approximate surface area is 154 Å². The Hall–Kier alpha value is -2.53. The van der Waals surface area contributed by atoms with E-state index in [1.165, 1.54) is 11.1 Å². The lowest BCUT2D eigenvalue weighted by Gasteiger charge is -2.28. The lowest BCUT2D eigenvalue weighted by atomic mass is 10.00. The van der Waals surface area contributed by atoms with Crippen LogP contribution in [0.3, 0.4) is 0 Å². The van der Waals surface area contributed by atoms with Crippen LogP contribution in [0.4, 0.5) is 0 Å². The number of nitrogens with zero attached hydrogens (tertiary/aromatic N) is 1. The summed E-state index contributed by atoms with van der Waals surface area (Å²) in [5.41, 5.74) is 3.84. The fourth-order valence-corrected chi connectivity index (χ4v) is 3.33. The highest BCUT2D eigenvalue weighted by molar-refractivity contribution is 5.78. The number of hydrogen-bond acceptors (Lipinski definition) is 4. The topological polar surface area (TPSA) is 50.8 Å². The van der Waals surface area contributed by atoms with Gasteiger partial charge in [-0.1, -0.05) is 30.3 Å². The van der Waals surface area contributed by atoms with E-state index in [-0.39, 0.29) is 5.91 Å². The van der Waals surface area contributed by atoms with Gasteiger partial charge in [0, 0.05) is 19.6 Å². The summed E-state index contributed by atoms with van der Waals surface area (Å²) in [6.07, 6.45) is 1.77. The van der Waals surface area contributed by atoms with Gasteiger partial charge >= 0.3 is 0 Å². The molecule has 138 valence electrons. The van der Waals surface area contributed by atoms with Crippen LogP contribution in [0.5, 0.6) is 11.5 Å². The molecule has 0 saturated heterocycles. The molecule has 1 heterocycles. The van der Waals surface area contributed by atoms with E-state index >= 15 is 0 Å². The van der Waals surface area contributed by atoms with Gasteiger partial charge in [-0.2, -0.15) is 0 Å². The van der Waals surface area contributed by atoms with Crippen molar-refractivity contribution in [2.24, 2.45) is 0 Å². The number of carbonyl (C=O) groups is 1. The Morgan fingerprint density at radius 3 is 2.62 bits per heavy atom. The van der Waals surface area contributed by atoms with Gasteiger partial charge in [0.25, 0.3) is 0 Å². The molecule has 0 aromatic heterocycles. The first kappa shape index (κ1) is 18.3. The zero-order chi connectivity index (χ0) is 18.4. The molecular formula is C21H26N2O3. The second-order valence-corrected chi connectivity index (χ2v) is 6.52. The number of nitrogens with one attached hydrogen (secondary N) is 1. The quantitative estimate of drug-likeness (QED) is 0.830. The molecule has 2 aromatic rings. The molecule has 0 radical (unpaired) electrons. The second-order valence-electron chi connectivity index (χ2n) is 6.52. The SMILES string of the molecule is COc1ccc(CCNC(=O)CN2CCc3ccccc3C2)cc1OC. The van der Waals surface area contributed by atoms with Crippen LogP contribution in [0.15, 0.2) is 42.5 Å². The lowest BCUT2D eigenvalue weighted by Crippen LogP contribution is -2.40. The van der Waals surface area contributed by atoms with E-state index in [0.29, 0.717) is 24.6 Å². The normalized spacial score (nSPS) is 13.8. The predicted octanol–water partition coefficient (Wildman–Crippen LogP) is 2.42. The molecule has 0 spiro atoms. The van der Waals surface area contributed by atoms with E-state index in [4.69, 9.17) is 9.47 Å². The van der Waals surface area contributed by atoms with Gasteiger partial charge in [0.1, 0.15) is 0 Å². The molecule has 1 N–H and O–H groups in total. The molecule has 5 heteroatoms. The summed E-state index contributed by atoms with van der Waals surface area (Å²) < 4.78 is 10.6. The summed E-state index contributed by atoms with van der Waals surface area (Å²) in [5.74, 6) is 1.50. The van der Waals surface area contributed by atoms with E-state index < -0.39 is 0 Å². The fourth-order valence-electron chi connectivity index (χ4n) is 3.33. The number of benzene rings is 2. The Morgan fingerprint density at radius 2 is 1.85 bits per heavy atom. The maximum atomic E-state index is 12.2. The van der Waals surface area contributed by atoms with Crippen molar-refractivity contribution in [3.05, 3.63) is 59.2 Å². The van der Waals surface area contributed by atoms with Gasteiger partial charge < -0.3 is 14.8 Å². The molecule has 0 unspecified atom stereocenters. The van der Waals surface area contributed by atoms with E-state index in [2.05, 4.69) is 34.5 Å². The average molecular weight is 354 g/mol. The first-order valence-electron chi connectivity index (χ1n) is 8.96. The molecule has 1 amide bonds. The van der Waals surface area contributed by atoms with Crippen LogP contribution in [0.1, 0.15) is 16.7 Å². The lowest BCUT2D eigenvalue weighted by molar-refractivity contribution is -0.122. The Balaban J connectivity index is 1.45. The van der Waals surface area contributed by atoms with Gasteiger partial charge in [-0.15, -0.1) is 0 Å². The molecule has 2 aromatic carbocycles. The van der Waals surface area contributed by atoms with Crippen LogP contribution in [0.2, 0.25) is 0 Å². The molecular weight excluding hydrogens is 328 g/mol. The van der Waals surface area contributed by atoms with Crippen molar-refractivity contribution >= 4 is 5.91 Å². The third kappa shape index (κ3) is 4.55. The maximum absolute atomic E-state index is 12.2. The number of methoxy groups -OCH3 is 2. The zero-order valence-corrected chi connectivity index (χ0v) is 15.5. The van der Waals surface area contributed by atoms with E-state index in [0.717, 1.165) is 31.5 Å². The smallest absolute Gasteiger partial charge is 0.234 e. The minimum absolute atomic E-state index is 0.0739. The average Bonchev–Trinajstić information content (AvgIpc) is 2.67. The van der Waals surface area contributed by atoms with Gasteiger partial charge in [-0.25, -0.2) is 0 Å². The molecule has 0 saturated carbocycles. The Kier molecular flexibility index (Phi) is 6.12. The predicted molar refractivity (Wildman–Crippen MR) is 102 cm³/mol. The molecule has 1 aliphatic rings. The summed E-state index contributed by atoms with van der Waals surface area (Å²) in [6, 6.07) is 14.3. The molecule has 26 heavy (non-hydrogen) atoms. The monoisotopic (exact) mass is 354 g/mol. The Bertz CT molecular complexity index is 761. The molecule has 5 nitrogen and oxygen atoms in total. The summed E-state index contributed by atoms with van der Waals surface area (Å²) in [5, 5.41) is 3.02. The molecule has 0 aliphatic carbocycles. The standard InChI is InChI=1S/C21H26N2O3/c1-25-19-8-7-16(13-20(19)26-2)9-11-22-21(24)15-23-12-10-17-5-3-4-6-18(17)14-23/h3-8,13H,9-12,14-15H2,1-2H3,(H,22,24). The van der Waals surface area contributed by atoms with Gasteiger partial charge in [-0.05, 0) is 41.7 Å². The van der Waals surface area contributed by atoms with Crippen molar-refractivity contribution < 1.29 is 14.3 Å². The molecule has 1 aliphatic heterocycles. The molecule has 3 rings (SSSR count). The van der Waals surface area contributed by atoms with E-state index in [9.17, 15) is 4.79 Å².